The summed E-state index contributed by atoms with van der Waals surface area (Å²) in [5.41, 5.74) is 2.75. The molecule has 4 rings (SSSR count). The number of amides is 1. The van der Waals surface area contributed by atoms with E-state index >= 15 is 0 Å². The standard InChI is InChI=1S/C23H31F3N4O2S/c1-14-11-18(19-13-29(9-10-33-19)21(31)32-22(2,3)4)30-20(27-14)12-17(28-30)15-5-7-16(8-6-15)23(24,25)26/h11-12,15-16,19H,5-10,13H2,1-4H3/t15-,16-,19?. The SMILES string of the molecule is Cc1cc(C2CN(C(=O)OC(C)(C)C)CCS2)n2nc([C@H]3CC[C@H](C(F)(F)F)CC3)cc2n1. The molecular formula is C23H31F3N4O2S. The van der Waals surface area contributed by atoms with Crippen LogP contribution in [0.5, 0.6) is 0 Å². The molecule has 0 aromatic carbocycles. The maximum Gasteiger partial charge on any atom is 0.410 e. The van der Waals surface area contributed by atoms with Gasteiger partial charge in [0.05, 0.1) is 22.6 Å². The van der Waals surface area contributed by atoms with Crippen LogP contribution in [0.15, 0.2) is 12.1 Å². The lowest BCUT2D eigenvalue weighted by Crippen LogP contribution is -2.42. The maximum absolute atomic E-state index is 13.1. The molecule has 33 heavy (non-hydrogen) atoms. The summed E-state index contributed by atoms with van der Waals surface area (Å²) in [4.78, 5) is 19.0. The molecule has 1 aliphatic carbocycles. The fraction of sp³-hybridized carbons (Fsp3) is 0.696. The van der Waals surface area contributed by atoms with Crippen molar-refractivity contribution in [3.63, 3.8) is 0 Å². The van der Waals surface area contributed by atoms with E-state index in [1.807, 2.05) is 44.3 Å². The monoisotopic (exact) mass is 484 g/mol. The summed E-state index contributed by atoms with van der Waals surface area (Å²) >= 11 is 1.76. The highest BCUT2D eigenvalue weighted by Crippen LogP contribution is 2.43. The van der Waals surface area contributed by atoms with Crippen LogP contribution in [0, 0.1) is 12.8 Å². The number of nitrogens with zero attached hydrogens (tertiary/aromatic N) is 4. The number of carbonyl (C=O) groups is 1. The van der Waals surface area contributed by atoms with Crippen LogP contribution in [0.2, 0.25) is 0 Å². The van der Waals surface area contributed by atoms with Crippen LogP contribution in [-0.4, -0.2) is 56.2 Å². The van der Waals surface area contributed by atoms with E-state index in [2.05, 4.69) is 4.98 Å². The molecule has 182 valence electrons. The zero-order chi connectivity index (χ0) is 24.0. The molecule has 2 aromatic heterocycles. The Morgan fingerprint density at radius 3 is 2.48 bits per heavy atom. The smallest absolute Gasteiger partial charge is 0.410 e. The van der Waals surface area contributed by atoms with E-state index in [4.69, 9.17) is 9.84 Å². The summed E-state index contributed by atoms with van der Waals surface area (Å²) in [5, 5.41) is 4.80. The third kappa shape index (κ3) is 5.58. The zero-order valence-corrected chi connectivity index (χ0v) is 20.3. The molecule has 0 bridgehead atoms. The number of thioether (sulfide) groups is 1. The second-order valence-electron chi connectivity index (χ2n) is 10.0. The van der Waals surface area contributed by atoms with E-state index in [1.165, 1.54) is 0 Å². The van der Waals surface area contributed by atoms with Gasteiger partial charge in [-0.25, -0.2) is 14.3 Å². The number of hydrogen-bond acceptors (Lipinski definition) is 5. The van der Waals surface area contributed by atoms with Gasteiger partial charge < -0.3 is 9.64 Å². The molecule has 1 unspecified atom stereocenters. The second kappa shape index (κ2) is 9.00. The van der Waals surface area contributed by atoms with Crippen LogP contribution in [0.1, 0.15) is 74.7 Å². The van der Waals surface area contributed by atoms with E-state index in [0.717, 1.165) is 22.8 Å². The highest BCUT2D eigenvalue weighted by molar-refractivity contribution is 7.99. The van der Waals surface area contributed by atoms with Crippen molar-refractivity contribution in [3.8, 4) is 0 Å². The lowest BCUT2D eigenvalue weighted by Gasteiger charge is -2.34. The summed E-state index contributed by atoms with van der Waals surface area (Å²) < 4.78 is 46.5. The van der Waals surface area contributed by atoms with Crippen molar-refractivity contribution in [1.82, 2.24) is 19.5 Å². The average molecular weight is 485 g/mol. The Morgan fingerprint density at radius 2 is 1.85 bits per heavy atom. The van der Waals surface area contributed by atoms with E-state index in [-0.39, 0.29) is 30.1 Å². The first kappa shape index (κ1) is 24.2. The molecule has 2 fully saturated rings. The number of carbonyl (C=O) groups excluding carboxylic acids is 1. The van der Waals surface area contributed by atoms with Crippen LogP contribution >= 0.6 is 11.8 Å². The molecule has 0 N–H and O–H groups in total. The molecule has 2 aliphatic rings. The van der Waals surface area contributed by atoms with E-state index in [9.17, 15) is 18.0 Å². The van der Waals surface area contributed by atoms with Crippen molar-refractivity contribution < 1.29 is 22.7 Å². The van der Waals surface area contributed by atoms with Gasteiger partial charge in [-0.1, -0.05) is 0 Å². The number of halogens is 3. The first-order valence-corrected chi connectivity index (χ1v) is 12.5. The number of rotatable bonds is 2. The van der Waals surface area contributed by atoms with Gasteiger partial charge in [-0.2, -0.15) is 18.3 Å². The summed E-state index contributed by atoms with van der Waals surface area (Å²) in [6, 6.07) is 3.90. The molecule has 0 radical (unpaired) electrons. The molecule has 3 heterocycles. The van der Waals surface area contributed by atoms with Crippen LogP contribution in [0.4, 0.5) is 18.0 Å². The molecule has 1 amide bonds. The van der Waals surface area contributed by atoms with Crippen LogP contribution < -0.4 is 0 Å². The topological polar surface area (TPSA) is 59.7 Å². The molecule has 1 atom stereocenters. The first-order valence-electron chi connectivity index (χ1n) is 11.4. The lowest BCUT2D eigenvalue weighted by atomic mass is 9.80. The summed E-state index contributed by atoms with van der Waals surface area (Å²) in [7, 11) is 0. The predicted molar refractivity (Wildman–Crippen MR) is 121 cm³/mol. The molecule has 10 heteroatoms. The zero-order valence-electron chi connectivity index (χ0n) is 19.5. The average Bonchev–Trinajstić information content (AvgIpc) is 3.15. The van der Waals surface area contributed by atoms with E-state index in [1.54, 1.807) is 16.7 Å². The van der Waals surface area contributed by atoms with Crippen molar-refractivity contribution in [1.29, 1.82) is 0 Å². The van der Waals surface area contributed by atoms with Crippen LogP contribution in [0.25, 0.3) is 5.65 Å². The van der Waals surface area contributed by atoms with Crippen molar-refractivity contribution >= 4 is 23.5 Å². The van der Waals surface area contributed by atoms with Gasteiger partial charge >= 0.3 is 12.3 Å². The summed E-state index contributed by atoms with van der Waals surface area (Å²) in [5.74, 6) is -0.419. The number of ether oxygens (including phenoxy) is 1. The maximum atomic E-state index is 13.1. The first-order chi connectivity index (χ1) is 15.4. The van der Waals surface area contributed by atoms with Gasteiger partial charge in [0.25, 0.3) is 0 Å². The number of aromatic nitrogens is 3. The van der Waals surface area contributed by atoms with Gasteiger partial charge in [-0.3, -0.25) is 0 Å². The Labute approximate surface area is 196 Å². The minimum atomic E-state index is -4.12. The molecule has 1 aliphatic heterocycles. The number of hydrogen-bond donors (Lipinski definition) is 0. The Hall–Kier alpha value is -1.97. The fourth-order valence-corrected chi connectivity index (χ4v) is 5.85. The van der Waals surface area contributed by atoms with Crippen molar-refractivity contribution in [2.24, 2.45) is 5.92 Å². The van der Waals surface area contributed by atoms with Crippen LogP contribution in [-0.2, 0) is 4.74 Å². The highest BCUT2D eigenvalue weighted by Gasteiger charge is 2.42. The largest absolute Gasteiger partial charge is 0.444 e. The molecular weight excluding hydrogens is 453 g/mol. The third-order valence-electron chi connectivity index (χ3n) is 6.26. The fourth-order valence-electron chi connectivity index (χ4n) is 4.61. The Bertz CT molecular complexity index is 1010. The lowest BCUT2D eigenvalue weighted by molar-refractivity contribution is -0.182. The summed E-state index contributed by atoms with van der Waals surface area (Å²) in [6.45, 7) is 8.60. The molecule has 1 saturated heterocycles. The molecule has 0 spiro atoms. The normalized spacial score (nSPS) is 24.8. The second-order valence-corrected chi connectivity index (χ2v) is 11.3. The minimum Gasteiger partial charge on any atom is -0.444 e. The third-order valence-corrected chi connectivity index (χ3v) is 7.47. The molecule has 6 nitrogen and oxygen atoms in total. The molecule has 1 saturated carbocycles. The number of aryl methyl sites for hydroxylation is 1. The molecule has 2 aromatic rings. The van der Waals surface area contributed by atoms with Gasteiger partial charge in [-0.15, -0.1) is 11.8 Å². The van der Waals surface area contributed by atoms with E-state index < -0.39 is 17.7 Å². The predicted octanol–water partition coefficient (Wildman–Crippen LogP) is 5.90. The Kier molecular flexibility index (Phi) is 6.59. The summed E-state index contributed by atoms with van der Waals surface area (Å²) in [6.07, 6.45) is -3.19. The van der Waals surface area contributed by atoms with Crippen molar-refractivity contribution in [2.45, 2.75) is 76.3 Å². The quantitative estimate of drug-likeness (QED) is 0.531. The highest BCUT2D eigenvalue weighted by atomic mass is 32.2. The van der Waals surface area contributed by atoms with Crippen molar-refractivity contribution in [2.75, 3.05) is 18.8 Å². The Morgan fingerprint density at radius 1 is 1.15 bits per heavy atom. The van der Waals surface area contributed by atoms with Gasteiger partial charge in [0.2, 0.25) is 0 Å². The number of fused-ring (bicyclic) bond motifs is 1. The van der Waals surface area contributed by atoms with Crippen LogP contribution in [0.3, 0.4) is 0 Å². The minimum absolute atomic E-state index is 0.00387. The van der Waals surface area contributed by atoms with Gasteiger partial charge in [0, 0.05) is 36.5 Å². The Balaban J connectivity index is 1.55. The van der Waals surface area contributed by atoms with Gasteiger partial charge in [0.1, 0.15) is 5.60 Å². The van der Waals surface area contributed by atoms with Gasteiger partial charge in [0.15, 0.2) is 5.65 Å². The van der Waals surface area contributed by atoms with Gasteiger partial charge in [-0.05, 0) is 59.4 Å². The van der Waals surface area contributed by atoms with E-state index in [0.29, 0.717) is 31.6 Å². The number of alkyl halides is 3. The van der Waals surface area contributed by atoms with Crippen molar-refractivity contribution in [3.05, 3.63) is 29.2 Å².